The van der Waals surface area contributed by atoms with Crippen LogP contribution in [0.5, 0.6) is 0 Å². The highest BCUT2D eigenvalue weighted by Gasteiger charge is 2.14. The van der Waals surface area contributed by atoms with Gasteiger partial charge in [-0.05, 0) is 66.3 Å². The SMILES string of the molecule is COC(=O)CCC/C=C(/c1cccc(C#N)c1)c1cc(C)c2on(C)c(=O)c2c1. The smallest absolute Gasteiger partial charge is 0.305 e. The van der Waals surface area contributed by atoms with E-state index in [1.807, 2.05) is 43.3 Å². The molecule has 0 aliphatic rings. The third-order valence-corrected chi connectivity index (χ3v) is 4.79. The Morgan fingerprint density at radius 2 is 2.07 bits per heavy atom. The Kier molecular flexibility index (Phi) is 5.99. The van der Waals surface area contributed by atoms with Crippen LogP contribution >= 0.6 is 0 Å². The molecule has 148 valence electrons. The van der Waals surface area contributed by atoms with E-state index in [0.717, 1.165) is 22.3 Å². The Hall–Kier alpha value is -3.59. The van der Waals surface area contributed by atoms with Crippen LogP contribution < -0.4 is 5.56 Å². The monoisotopic (exact) mass is 390 g/mol. The molecule has 29 heavy (non-hydrogen) atoms. The number of aryl methyl sites for hydroxylation is 2. The first-order valence-corrected chi connectivity index (χ1v) is 9.33. The van der Waals surface area contributed by atoms with Gasteiger partial charge in [0.2, 0.25) is 0 Å². The van der Waals surface area contributed by atoms with Crippen molar-refractivity contribution >= 4 is 22.5 Å². The predicted octanol–water partition coefficient (Wildman–Crippen LogP) is 4.09. The van der Waals surface area contributed by atoms with E-state index in [1.165, 1.54) is 11.8 Å². The van der Waals surface area contributed by atoms with Gasteiger partial charge in [-0.25, -0.2) is 0 Å². The summed E-state index contributed by atoms with van der Waals surface area (Å²) in [5.41, 5.74) is 4.42. The van der Waals surface area contributed by atoms with Crippen molar-refractivity contribution in [2.45, 2.75) is 26.2 Å². The summed E-state index contributed by atoms with van der Waals surface area (Å²) >= 11 is 0. The average Bonchev–Trinajstić information content (AvgIpc) is 3.02. The van der Waals surface area contributed by atoms with Gasteiger partial charge in [0.15, 0.2) is 5.58 Å². The van der Waals surface area contributed by atoms with E-state index >= 15 is 0 Å². The molecule has 6 heteroatoms. The number of carbonyl (C=O) groups excluding carboxylic acids is 1. The lowest BCUT2D eigenvalue weighted by molar-refractivity contribution is -0.140. The number of esters is 1. The maximum absolute atomic E-state index is 12.4. The predicted molar refractivity (Wildman–Crippen MR) is 110 cm³/mol. The summed E-state index contributed by atoms with van der Waals surface area (Å²) in [6.45, 7) is 1.90. The van der Waals surface area contributed by atoms with Gasteiger partial charge in [0.1, 0.15) is 0 Å². The number of ether oxygens (including phenoxy) is 1. The maximum Gasteiger partial charge on any atom is 0.305 e. The molecule has 0 bridgehead atoms. The molecule has 0 N–H and O–H groups in total. The molecule has 0 atom stereocenters. The lowest BCUT2D eigenvalue weighted by atomic mass is 9.93. The summed E-state index contributed by atoms with van der Waals surface area (Å²) in [7, 11) is 2.96. The molecule has 0 aliphatic heterocycles. The fourth-order valence-corrected chi connectivity index (χ4v) is 3.31. The van der Waals surface area contributed by atoms with Crippen molar-refractivity contribution in [3.05, 3.63) is 75.1 Å². The fraction of sp³-hybridized carbons (Fsp3) is 0.261. The highest BCUT2D eigenvalue weighted by atomic mass is 16.5. The van der Waals surface area contributed by atoms with E-state index in [0.29, 0.717) is 35.8 Å². The summed E-state index contributed by atoms with van der Waals surface area (Å²) in [5.74, 6) is -0.245. The third-order valence-electron chi connectivity index (χ3n) is 4.79. The molecule has 0 saturated carbocycles. The van der Waals surface area contributed by atoms with E-state index in [2.05, 4.69) is 6.07 Å². The zero-order valence-electron chi connectivity index (χ0n) is 16.7. The van der Waals surface area contributed by atoms with Gasteiger partial charge in [-0.2, -0.15) is 10.0 Å². The molecular formula is C23H22N2O4. The van der Waals surface area contributed by atoms with Crippen LogP contribution in [0.25, 0.3) is 16.5 Å². The summed E-state index contributed by atoms with van der Waals surface area (Å²) in [6.07, 6.45) is 3.66. The Morgan fingerprint density at radius 3 is 2.79 bits per heavy atom. The van der Waals surface area contributed by atoms with Crippen molar-refractivity contribution in [2.24, 2.45) is 7.05 Å². The van der Waals surface area contributed by atoms with E-state index in [1.54, 1.807) is 13.1 Å². The van der Waals surface area contributed by atoms with Gasteiger partial charge in [0, 0.05) is 13.5 Å². The third kappa shape index (κ3) is 4.30. The molecule has 3 aromatic rings. The summed E-state index contributed by atoms with van der Waals surface area (Å²) < 4.78 is 11.4. The number of nitriles is 1. The summed E-state index contributed by atoms with van der Waals surface area (Å²) in [6, 6.07) is 13.3. The number of hydrogen-bond donors (Lipinski definition) is 0. The van der Waals surface area contributed by atoms with Gasteiger partial charge in [-0.15, -0.1) is 0 Å². The first-order valence-electron chi connectivity index (χ1n) is 9.33. The number of allylic oxidation sites excluding steroid dienone is 1. The minimum Gasteiger partial charge on any atom is -0.469 e. The standard InChI is InChI=1S/C23H22N2O4/c1-15-11-18(13-20-22(15)29-25(2)23(20)27)19(9-4-5-10-21(26)28-3)17-8-6-7-16(12-17)14-24/h6-9,11-13H,4-5,10H2,1-3H3/b19-9-. The van der Waals surface area contributed by atoms with Crippen molar-refractivity contribution in [2.75, 3.05) is 7.11 Å². The number of hydrogen-bond acceptors (Lipinski definition) is 5. The van der Waals surface area contributed by atoms with Crippen LogP contribution in [0.4, 0.5) is 0 Å². The lowest BCUT2D eigenvalue weighted by Crippen LogP contribution is -2.09. The second-order valence-electron chi connectivity index (χ2n) is 6.84. The van der Waals surface area contributed by atoms with E-state index in [4.69, 9.17) is 9.26 Å². The molecule has 3 rings (SSSR count). The van der Waals surface area contributed by atoms with Crippen molar-refractivity contribution in [3.8, 4) is 6.07 Å². The second kappa shape index (κ2) is 8.61. The Morgan fingerprint density at radius 1 is 1.28 bits per heavy atom. The molecular weight excluding hydrogens is 368 g/mol. The van der Waals surface area contributed by atoms with E-state index < -0.39 is 0 Å². The van der Waals surface area contributed by atoms with Gasteiger partial charge < -0.3 is 9.26 Å². The van der Waals surface area contributed by atoms with Gasteiger partial charge in [0.05, 0.1) is 24.1 Å². The number of aromatic nitrogens is 1. The zero-order chi connectivity index (χ0) is 21.0. The largest absolute Gasteiger partial charge is 0.469 e. The highest BCUT2D eigenvalue weighted by Crippen LogP contribution is 2.29. The lowest BCUT2D eigenvalue weighted by Gasteiger charge is -2.11. The number of methoxy groups -OCH3 is 1. The van der Waals surface area contributed by atoms with Crippen molar-refractivity contribution in [1.29, 1.82) is 5.26 Å². The quantitative estimate of drug-likeness (QED) is 0.467. The number of fused-ring (bicyclic) bond motifs is 1. The van der Waals surface area contributed by atoms with E-state index in [-0.39, 0.29) is 11.5 Å². The zero-order valence-corrected chi connectivity index (χ0v) is 16.7. The van der Waals surface area contributed by atoms with Crippen LogP contribution in [0.3, 0.4) is 0 Å². The average molecular weight is 390 g/mol. The normalized spacial score (nSPS) is 11.4. The molecule has 0 aliphatic carbocycles. The van der Waals surface area contributed by atoms with Gasteiger partial charge in [-0.1, -0.05) is 18.2 Å². The summed E-state index contributed by atoms with van der Waals surface area (Å²) in [5, 5.41) is 9.78. The minimum atomic E-state index is -0.245. The molecule has 0 spiro atoms. The molecule has 0 amide bonds. The van der Waals surface area contributed by atoms with E-state index in [9.17, 15) is 14.9 Å². The molecule has 0 fully saturated rings. The van der Waals surface area contributed by atoms with Crippen LogP contribution in [0.2, 0.25) is 0 Å². The topological polar surface area (TPSA) is 85.2 Å². The van der Waals surface area contributed by atoms with Gasteiger partial charge >= 0.3 is 5.97 Å². The number of rotatable bonds is 6. The Balaban J connectivity index is 2.08. The molecule has 0 unspecified atom stereocenters. The highest BCUT2D eigenvalue weighted by molar-refractivity contribution is 5.88. The number of nitrogens with zero attached hydrogens (tertiary/aromatic N) is 2. The van der Waals surface area contributed by atoms with Crippen LogP contribution in [0, 0.1) is 18.3 Å². The molecule has 1 aromatic heterocycles. The van der Waals surface area contributed by atoms with Crippen molar-refractivity contribution < 1.29 is 14.1 Å². The molecule has 0 saturated heterocycles. The van der Waals surface area contributed by atoms with Crippen LogP contribution in [0.1, 0.15) is 41.5 Å². The maximum atomic E-state index is 12.4. The van der Waals surface area contributed by atoms with Crippen molar-refractivity contribution in [3.63, 3.8) is 0 Å². The number of benzene rings is 2. The van der Waals surface area contributed by atoms with Gasteiger partial charge in [0.25, 0.3) is 5.56 Å². The first kappa shape index (κ1) is 20.2. The van der Waals surface area contributed by atoms with Gasteiger partial charge in [-0.3, -0.25) is 9.59 Å². The van der Waals surface area contributed by atoms with Crippen molar-refractivity contribution in [1.82, 2.24) is 4.74 Å². The summed E-state index contributed by atoms with van der Waals surface area (Å²) in [4.78, 5) is 23.8. The first-order chi connectivity index (χ1) is 13.9. The fourth-order valence-electron chi connectivity index (χ4n) is 3.31. The second-order valence-corrected chi connectivity index (χ2v) is 6.84. The number of unbranched alkanes of at least 4 members (excludes halogenated alkanes) is 1. The van der Waals surface area contributed by atoms with Crippen LogP contribution in [0.15, 0.2) is 51.8 Å². The molecule has 6 nitrogen and oxygen atoms in total. The molecule has 1 heterocycles. The Bertz CT molecular complexity index is 1190. The number of carbonyl (C=O) groups is 1. The van der Waals surface area contributed by atoms with Crippen LogP contribution in [-0.4, -0.2) is 17.8 Å². The molecule has 2 aromatic carbocycles. The van der Waals surface area contributed by atoms with Crippen LogP contribution in [-0.2, 0) is 16.6 Å². The Labute approximate surface area is 168 Å². The molecule has 0 radical (unpaired) electrons. The minimum absolute atomic E-state index is 0.194.